The number of carboxylic acid groups (broad SMARTS) is 1. The smallest absolute Gasteiger partial charge is 0.475 e. The number of halogens is 3. The Bertz CT molecular complexity index is 1260. The molecule has 0 aliphatic carbocycles. The molecule has 0 saturated carbocycles. The Balaban J connectivity index is 0.000000426. The van der Waals surface area contributed by atoms with Crippen LogP contribution in [0.25, 0.3) is 11.0 Å². The van der Waals surface area contributed by atoms with E-state index in [4.69, 9.17) is 9.90 Å². The molecule has 208 valence electrons. The van der Waals surface area contributed by atoms with E-state index in [-0.39, 0.29) is 23.9 Å². The average Bonchev–Trinajstić information content (AvgIpc) is 3.14. The van der Waals surface area contributed by atoms with Crippen molar-refractivity contribution in [2.24, 2.45) is 18.9 Å². The van der Waals surface area contributed by atoms with Gasteiger partial charge in [0.25, 0.3) is 0 Å². The summed E-state index contributed by atoms with van der Waals surface area (Å²) in [5.41, 5.74) is 2.49. The molecule has 1 atom stereocenters. The first-order chi connectivity index (χ1) is 18.0. The number of anilines is 1. The Morgan fingerprint density at radius 2 is 1.61 bits per heavy atom. The molecule has 1 aromatic heterocycles. The van der Waals surface area contributed by atoms with Gasteiger partial charge in [0.05, 0.1) is 16.7 Å². The average molecular weight is 540 g/mol. The van der Waals surface area contributed by atoms with E-state index in [9.17, 15) is 27.6 Å². The van der Waals surface area contributed by atoms with E-state index < -0.39 is 18.2 Å². The zero-order valence-corrected chi connectivity index (χ0v) is 21.1. The quantitative estimate of drug-likeness (QED) is 0.511. The maximum absolute atomic E-state index is 13.1. The Kier molecular flexibility index (Phi) is 8.14. The molecule has 3 aliphatic rings. The van der Waals surface area contributed by atoms with Crippen LogP contribution in [0.15, 0.2) is 23.0 Å². The van der Waals surface area contributed by atoms with Gasteiger partial charge >= 0.3 is 17.8 Å². The molecule has 0 radical (unpaired) electrons. The summed E-state index contributed by atoms with van der Waals surface area (Å²) < 4.78 is 35.0. The van der Waals surface area contributed by atoms with Gasteiger partial charge in [-0.3, -0.25) is 24.0 Å². The van der Waals surface area contributed by atoms with E-state index in [0.717, 1.165) is 54.7 Å². The molecule has 2 aromatic rings. The molecule has 3 saturated heterocycles. The number of aryl methyl sites for hydroxylation is 1. The second kappa shape index (κ2) is 11.2. The van der Waals surface area contributed by atoms with Crippen molar-refractivity contribution < 1.29 is 32.7 Å². The summed E-state index contributed by atoms with van der Waals surface area (Å²) in [5, 5.41) is 13.0. The van der Waals surface area contributed by atoms with Crippen molar-refractivity contribution in [3.05, 3.63) is 28.7 Å². The standard InChI is InChI=1S/C23H31N5O3.C2HF3O2/c1-26-21-17(27-13-9-16(10-14-27)15-7-11-24-12-8-15)3-2-4-18(21)28(23(26)31)19-5-6-20(29)25-22(19)30;3-2(4,5)1(6)7/h2-4,15-16,19,24H,5-14H2,1H3,(H,25,29,30);(H,6,7). The molecule has 3 fully saturated rings. The molecule has 3 N–H and O–H groups in total. The Hall–Kier alpha value is -3.35. The number of carbonyl (C=O) groups is 3. The molecule has 2 amide bonds. The summed E-state index contributed by atoms with van der Waals surface area (Å²) in [7, 11) is 1.78. The van der Waals surface area contributed by atoms with Gasteiger partial charge < -0.3 is 15.3 Å². The maximum Gasteiger partial charge on any atom is 0.490 e. The first-order valence-corrected chi connectivity index (χ1v) is 12.8. The van der Waals surface area contributed by atoms with E-state index >= 15 is 0 Å². The van der Waals surface area contributed by atoms with Crippen LogP contribution in [0, 0.1) is 11.8 Å². The normalized spacial score (nSPS) is 21.7. The van der Waals surface area contributed by atoms with Crippen molar-refractivity contribution >= 4 is 34.5 Å². The number of imide groups is 1. The van der Waals surface area contributed by atoms with Gasteiger partial charge in [-0.05, 0) is 69.2 Å². The van der Waals surface area contributed by atoms with Crippen molar-refractivity contribution in [3.63, 3.8) is 0 Å². The highest BCUT2D eigenvalue weighted by atomic mass is 19.4. The number of benzene rings is 1. The molecular formula is C25H32F3N5O5. The van der Waals surface area contributed by atoms with E-state index in [1.165, 1.54) is 25.7 Å². The number of hydrogen-bond donors (Lipinski definition) is 3. The predicted molar refractivity (Wildman–Crippen MR) is 133 cm³/mol. The van der Waals surface area contributed by atoms with Gasteiger partial charge in [0.1, 0.15) is 6.04 Å². The van der Waals surface area contributed by atoms with Gasteiger partial charge in [0.2, 0.25) is 11.8 Å². The van der Waals surface area contributed by atoms with Crippen LogP contribution in [0.2, 0.25) is 0 Å². The van der Waals surface area contributed by atoms with Crippen LogP contribution in [0.1, 0.15) is 44.6 Å². The van der Waals surface area contributed by atoms with E-state index in [1.807, 2.05) is 12.1 Å². The van der Waals surface area contributed by atoms with Crippen molar-refractivity contribution in [2.45, 2.75) is 50.7 Å². The van der Waals surface area contributed by atoms with Crippen molar-refractivity contribution in [1.82, 2.24) is 19.8 Å². The molecule has 1 unspecified atom stereocenters. The largest absolute Gasteiger partial charge is 0.490 e. The van der Waals surface area contributed by atoms with Crippen LogP contribution >= 0.6 is 0 Å². The fourth-order valence-electron chi connectivity index (χ4n) is 5.83. The highest BCUT2D eigenvalue weighted by molar-refractivity contribution is 6.00. The number of para-hydroxylation sites is 1. The molecular weight excluding hydrogens is 507 g/mol. The summed E-state index contributed by atoms with van der Waals surface area (Å²) in [6.07, 6.45) is 0.456. The number of imidazole rings is 1. The highest BCUT2D eigenvalue weighted by Crippen LogP contribution is 2.35. The molecule has 5 rings (SSSR count). The van der Waals surface area contributed by atoms with Gasteiger partial charge in [-0.2, -0.15) is 13.2 Å². The topological polar surface area (TPSA) is 126 Å². The van der Waals surface area contributed by atoms with Crippen LogP contribution in [0.5, 0.6) is 0 Å². The Labute approximate surface area is 216 Å². The third kappa shape index (κ3) is 5.71. The number of aliphatic carboxylic acids is 1. The Morgan fingerprint density at radius 3 is 2.18 bits per heavy atom. The number of aromatic nitrogens is 2. The summed E-state index contributed by atoms with van der Waals surface area (Å²) in [4.78, 5) is 48.5. The second-order valence-corrected chi connectivity index (χ2v) is 10.0. The van der Waals surface area contributed by atoms with Gasteiger partial charge in [0, 0.05) is 26.6 Å². The van der Waals surface area contributed by atoms with Gasteiger partial charge in [-0.15, -0.1) is 0 Å². The number of nitrogens with zero attached hydrogens (tertiary/aromatic N) is 3. The lowest BCUT2D eigenvalue weighted by Crippen LogP contribution is -2.44. The van der Waals surface area contributed by atoms with Crippen molar-refractivity contribution in [3.8, 4) is 0 Å². The molecule has 10 nitrogen and oxygen atoms in total. The summed E-state index contributed by atoms with van der Waals surface area (Å²) in [6, 6.07) is 5.32. The zero-order valence-electron chi connectivity index (χ0n) is 21.1. The minimum absolute atomic E-state index is 0.207. The summed E-state index contributed by atoms with van der Waals surface area (Å²) >= 11 is 0. The molecule has 13 heteroatoms. The van der Waals surface area contributed by atoms with E-state index in [0.29, 0.717) is 6.42 Å². The monoisotopic (exact) mass is 539 g/mol. The number of carboxylic acids is 1. The number of hydrogen-bond acceptors (Lipinski definition) is 6. The number of amides is 2. The number of alkyl halides is 3. The lowest BCUT2D eigenvalue weighted by Gasteiger charge is -2.39. The first-order valence-electron chi connectivity index (χ1n) is 12.8. The van der Waals surface area contributed by atoms with Gasteiger partial charge in [-0.1, -0.05) is 6.07 Å². The number of rotatable bonds is 3. The third-order valence-corrected chi connectivity index (χ3v) is 7.78. The molecule has 3 aliphatic heterocycles. The van der Waals surface area contributed by atoms with Crippen LogP contribution in [-0.4, -0.2) is 64.4 Å². The number of piperidine rings is 3. The molecule has 38 heavy (non-hydrogen) atoms. The number of fused-ring (bicyclic) bond motifs is 1. The van der Waals surface area contributed by atoms with Crippen molar-refractivity contribution in [1.29, 1.82) is 0 Å². The SMILES string of the molecule is Cn1c(=O)n(C2CCC(=O)NC2=O)c2cccc(N3CCC(C4CCNCC4)CC3)c21.O=C(O)C(F)(F)F. The maximum atomic E-state index is 13.1. The lowest BCUT2D eigenvalue weighted by atomic mass is 9.79. The predicted octanol–water partition coefficient (Wildman–Crippen LogP) is 2.17. The Morgan fingerprint density at radius 1 is 1.00 bits per heavy atom. The number of carbonyl (C=O) groups excluding carboxylic acids is 2. The summed E-state index contributed by atoms with van der Waals surface area (Å²) in [5.74, 6) is -1.80. The minimum atomic E-state index is -5.08. The van der Waals surface area contributed by atoms with Gasteiger partial charge in [0.15, 0.2) is 0 Å². The minimum Gasteiger partial charge on any atom is -0.475 e. The van der Waals surface area contributed by atoms with Crippen LogP contribution in [0.4, 0.5) is 18.9 Å². The second-order valence-electron chi connectivity index (χ2n) is 10.0. The van der Waals surface area contributed by atoms with E-state index in [1.54, 1.807) is 16.2 Å². The molecule has 1 aromatic carbocycles. The first kappa shape index (κ1) is 27.7. The van der Waals surface area contributed by atoms with Crippen LogP contribution in [0.3, 0.4) is 0 Å². The fraction of sp³-hybridized carbons (Fsp3) is 0.600. The highest BCUT2D eigenvalue weighted by Gasteiger charge is 2.38. The van der Waals surface area contributed by atoms with E-state index in [2.05, 4.69) is 21.6 Å². The zero-order chi connectivity index (χ0) is 27.6. The fourth-order valence-corrected chi connectivity index (χ4v) is 5.83. The molecule has 4 heterocycles. The summed E-state index contributed by atoms with van der Waals surface area (Å²) in [6.45, 7) is 4.26. The van der Waals surface area contributed by atoms with Crippen LogP contribution < -0.4 is 21.2 Å². The van der Waals surface area contributed by atoms with Gasteiger partial charge in [-0.25, -0.2) is 9.59 Å². The van der Waals surface area contributed by atoms with Crippen LogP contribution in [-0.2, 0) is 21.4 Å². The lowest BCUT2D eigenvalue weighted by molar-refractivity contribution is -0.192. The molecule has 0 spiro atoms. The number of nitrogens with one attached hydrogen (secondary N) is 2. The van der Waals surface area contributed by atoms with Crippen molar-refractivity contribution in [2.75, 3.05) is 31.1 Å². The molecule has 0 bridgehead atoms. The third-order valence-electron chi connectivity index (χ3n) is 7.78.